The average molecular weight is 279 g/mol. The molecule has 0 aliphatic rings. The smallest absolute Gasteiger partial charge is 0.251 e. The van der Waals surface area contributed by atoms with Gasteiger partial charge in [-0.3, -0.25) is 4.79 Å². The third-order valence-corrected chi connectivity index (χ3v) is 3.27. The van der Waals surface area contributed by atoms with E-state index in [9.17, 15) is 4.79 Å². The van der Waals surface area contributed by atoms with Crippen LogP contribution in [0, 0.1) is 5.41 Å². The van der Waals surface area contributed by atoms with Crippen LogP contribution >= 0.6 is 0 Å². The second-order valence-electron chi connectivity index (χ2n) is 5.81. The number of ether oxygens (including phenoxy) is 1. The van der Waals surface area contributed by atoms with Gasteiger partial charge in [0, 0.05) is 25.8 Å². The van der Waals surface area contributed by atoms with Crippen molar-refractivity contribution in [3.05, 3.63) is 35.4 Å². The fraction of sp³-hybridized carbons (Fsp3) is 0.562. The number of benzene rings is 1. The van der Waals surface area contributed by atoms with Crippen molar-refractivity contribution in [2.24, 2.45) is 5.41 Å². The number of aliphatic hydroxyl groups is 1. The Morgan fingerprint density at radius 3 is 2.50 bits per heavy atom. The molecule has 0 aliphatic carbocycles. The minimum atomic E-state index is -0.0769. The molecule has 0 heterocycles. The first-order valence-electron chi connectivity index (χ1n) is 6.95. The Bertz CT molecular complexity index is 412. The van der Waals surface area contributed by atoms with Gasteiger partial charge in [-0.2, -0.15) is 0 Å². The van der Waals surface area contributed by atoms with Crippen LogP contribution in [-0.2, 0) is 11.3 Å². The molecule has 1 amide bonds. The average Bonchev–Trinajstić information content (AvgIpc) is 2.44. The van der Waals surface area contributed by atoms with Crippen LogP contribution in [0.1, 0.15) is 42.6 Å². The molecule has 2 N–H and O–H groups in total. The molecule has 0 atom stereocenters. The number of carbonyl (C=O) groups is 1. The van der Waals surface area contributed by atoms with Crippen molar-refractivity contribution in [1.82, 2.24) is 5.32 Å². The number of rotatable bonds is 8. The van der Waals surface area contributed by atoms with Crippen LogP contribution in [0.2, 0.25) is 0 Å². The molecular weight excluding hydrogens is 254 g/mol. The van der Waals surface area contributed by atoms with Gasteiger partial charge in [-0.1, -0.05) is 26.0 Å². The van der Waals surface area contributed by atoms with Gasteiger partial charge in [0.1, 0.15) is 0 Å². The predicted octanol–water partition coefficient (Wildman–Crippen LogP) is 2.36. The molecule has 0 spiro atoms. The first-order valence-corrected chi connectivity index (χ1v) is 6.95. The van der Waals surface area contributed by atoms with Crippen molar-refractivity contribution in [2.75, 3.05) is 20.3 Å². The molecule has 0 radical (unpaired) electrons. The highest BCUT2D eigenvalue weighted by molar-refractivity contribution is 5.94. The third-order valence-electron chi connectivity index (χ3n) is 3.27. The van der Waals surface area contributed by atoms with E-state index in [1.165, 1.54) is 0 Å². The monoisotopic (exact) mass is 279 g/mol. The number of aliphatic hydroxyl groups excluding tert-OH is 1. The maximum absolute atomic E-state index is 11.9. The van der Waals surface area contributed by atoms with E-state index in [0.29, 0.717) is 18.7 Å². The third kappa shape index (κ3) is 5.72. The van der Waals surface area contributed by atoms with E-state index in [1.807, 2.05) is 26.0 Å². The normalized spacial score (nSPS) is 11.4. The van der Waals surface area contributed by atoms with E-state index in [0.717, 1.165) is 18.4 Å². The zero-order chi connectivity index (χ0) is 15.0. The summed E-state index contributed by atoms with van der Waals surface area (Å²) in [5, 5.41) is 12.0. The summed E-state index contributed by atoms with van der Waals surface area (Å²) in [6.45, 7) is 5.38. The molecule has 1 rings (SSSR count). The van der Waals surface area contributed by atoms with Crippen LogP contribution in [0.5, 0.6) is 0 Å². The summed E-state index contributed by atoms with van der Waals surface area (Å²) in [6.07, 6.45) is 1.75. The van der Waals surface area contributed by atoms with Gasteiger partial charge in [0.15, 0.2) is 0 Å². The molecule has 4 heteroatoms. The maximum atomic E-state index is 11.9. The number of amides is 1. The number of methoxy groups -OCH3 is 1. The molecule has 0 fully saturated rings. The number of hydrogen-bond acceptors (Lipinski definition) is 3. The summed E-state index contributed by atoms with van der Waals surface area (Å²) >= 11 is 0. The molecule has 0 saturated heterocycles. The molecule has 0 aliphatic heterocycles. The van der Waals surface area contributed by atoms with Gasteiger partial charge in [0.05, 0.1) is 6.61 Å². The molecule has 0 aromatic heterocycles. The first kappa shape index (κ1) is 16.7. The minimum Gasteiger partial charge on any atom is -0.396 e. The molecule has 1 aromatic carbocycles. The summed E-state index contributed by atoms with van der Waals surface area (Å²) in [5.41, 5.74) is 1.63. The summed E-state index contributed by atoms with van der Waals surface area (Å²) in [4.78, 5) is 11.9. The summed E-state index contributed by atoms with van der Waals surface area (Å²) < 4.78 is 5.03. The first-order chi connectivity index (χ1) is 9.48. The predicted molar refractivity (Wildman–Crippen MR) is 79.6 cm³/mol. The Morgan fingerprint density at radius 1 is 1.30 bits per heavy atom. The van der Waals surface area contributed by atoms with Crippen LogP contribution in [0.3, 0.4) is 0 Å². The van der Waals surface area contributed by atoms with E-state index < -0.39 is 0 Å². The lowest BCUT2D eigenvalue weighted by molar-refractivity contribution is 0.0948. The molecule has 112 valence electrons. The highest BCUT2D eigenvalue weighted by Crippen LogP contribution is 2.20. The van der Waals surface area contributed by atoms with Gasteiger partial charge in [0.2, 0.25) is 0 Å². The van der Waals surface area contributed by atoms with Gasteiger partial charge in [-0.05, 0) is 36.0 Å². The summed E-state index contributed by atoms with van der Waals surface area (Å²) in [6, 6.07) is 7.41. The second-order valence-corrected chi connectivity index (χ2v) is 5.81. The Kier molecular flexibility index (Phi) is 6.68. The molecule has 20 heavy (non-hydrogen) atoms. The van der Waals surface area contributed by atoms with Gasteiger partial charge in [-0.25, -0.2) is 0 Å². The van der Waals surface area contributed by atoms with Crippen molar-refractivity contribution in [1.29, 1.82) is 0 Å². The highest BCUT2D eigenvalue weighted by Gasteiger charge is 2.15. The molecular formula is C16H25NO3. The zero-order valence-corrected chi connectivity index (χ0v) is 12.6. The van der Waals surface area contributed by atoms with Crippen molar-refractivity contribution in [3.63, 3.8) is 0 Å². The van der Waals surface area contributed by atoms with E-state index >= 15 is 0 Å². The quantitative estimate of drug-likeness (QED) is 0.718. The lowest BCUT2D eigenvalue weighted by Crippen LogP contribution is -2.26. The van der Waals surface area contributed by atoms with Gasteiger partial charge in [-0.15, -0.1) is 0 Å². The van der Waals surface area contributed by atoms with Crippen molar-refractivity contribution in [3.8, 4) is 0 Å². The van der Waals surface area contributed by atoms with Gasteiger partial charge >= 0.3 is 0 Å². The molecule has 4 nitrogen and oxygen atoms in total. The number of hydrogen-bond donors (Lipinski definition) is 2. The Morgan fingerprint density at radius 2 is 1.95 bits per heavy atom. The van der Waals surface area contributed by atoms with Crippen molar-refractivity contribution >= 4 is 5.91 Å². The largest absolute Gasteiger partial charge is 0.396 e. The number of carbonyl (C=O) groups excluding carboxylic acids is 1. The molecule has 0 bridgehead atoms. The summed E-state index contributed by atoms with van der Waals surface area (Å²) in [5.74, 6) is -0.0595. The standard InChI is InChI=1S/C16H25NO3/c1-16(2,12-18)9-4-10-17-15(19)14-7-5-13(6-8-14)11-20-3/h5-8,18H,4,9-12H2,1-3H3,(H,17,19). The topological polar surface area (TPSA) is 58.6 Å². The van der Waals surface area contributed by atoms with E-state index in [1.54, 1.807) is 19.2 Å². The minimum absolute atomic E-state index is 0.0595. The lowest BCUT2D eigenvalue weighted by Gasteiger charge is -2.21. The Hall–Kier alpha value is -1.39. The van der Waals surface area contributed by atoms with Crippen LogP contribution in [0.25, 0.3) is 0 Å². The second kappa shape index (κ2) is 8.02. The van der Waals surface area contributed by atoms with Crippen LogP contribution in [0.4, 0.5) is 0 Å². The fourth-order valence-electron chi connectivity index (χ4n) is 1.87. The Labute approximate surface area is 121 Å². The maximum Gasteiger partial charge on any atom is 0.251 e. The van der Waals surface area contributed by atoms with Gasteiger partial charge < -0.3 is 15.2 Å². The number of nitrogens with one attached hydrogen (secondary N) is 1. The van der Waals surface area contributed by atoms with Crippen LogP contribution in [0.15, 0.2) is 24.3 Å². The van der Waals surface area contributed by atoms with Crippen LogP contribution in [-0.4, -0.2) is 31.3 Å². The van der Waals surface area contributed by atoms with Gasteiger partial charge in [0.25, 0.3) is 5.91 Å². The van der Waals surface area contributed by atoms with E-state index in [-0.39, 0.29) is 17.9 Å². The fourth-order valence-corrected chi connectivity index (χ4v) is 1.87. The SMILES string of the molecule is COCc1ccc(C(=O)NCCCC(C)(C)CO)cc1. The summed E-state index contributed by atoms with van der Waals surface area (Å²) in [7, 11) is 1.65. The van der Waals surface area contributed by atoms with Crippen LogP contribution < -0.4 is 5.32 Å². The van der Waals surface area contributed by atoms with E-state index in [2.05, 4.69) is 5.32 Å². The highest BCUT2D eigenvalue weighted by atomic mass is 16.5. The van der Waals surface area contributed by atoms with Crippen molar-refractivity contribution in [2.45, 2.75) is 33.3 Å². The van der Waals surface area contributed by atoms with E-state index in [4.69, 9.17) is 9.84 Å². The Balaban J connectivity index is 2.35. The molecule has 0 saturated carbocycles. The lowest BCUT2D eigenvalue weighted by atomic mass is 9.89. The van der Waals surface area contributed by atoms with Crippen molar-refractivity contribution < 1.29 is 14.6 Å². The molecule has 0 unspecified atom stereocenters. The molecule has 1 aromatic rings. The zero-order valence-electron chi connectivity index (χ0n) is 12.6.